The predicted octanol–water partition coefficient (Wildman–Crippen LogP) is 2.67. The summed E-state index contributed by atoms with van der Waals surface area (Å²) in [6.45, 7) is 1.97. The van der Waals surface area contributed by atoms with Crippen molar-refractivity contribution in [1.29, 1.82) is 0 Å². The first-order valence-corrected chi connectivity index (χ1v) is 6.31. The summed E-state index contributed by atoms with van der Waals surface area (Å²) in [5.41, 5.74) is -0.137. The number of rotatable bonds is 3. The van der Waals surface area contributed by atoms with Gasteiger partial charge in [0.25, 0.3) is 5.56 Å². The molecular formula is C11H12ClN3OS. The molecule has 0 fully saturated rings. The van der Waals surface area contributed by atoms with E-state index in [1.54, 1.807) is 19.4 Å². The fourth-order valence-corrected chi connectivity index (χ4v) is 2.50. The van der Waals surface area contributed by atoms with Gasteiger partial charge in [-0.05, 0) is 19.1 Å². The van der Waals surface area contributed by atoms with E-state index in [0.29, 0.717) is 5.82 Å². The lowest BCUT2D eigenvalue weighted by molar-refractivity contribution is 0.819. The van der Waals surface area contributed by atoms with E-state index in [1.165, 1.54) is 15.9 Å². The van der Waals surface area contributed by atoms with Crippen molar-refractivity contribution in [3.63, 3.8) is 0 Å². The van der Waals surface area contributed by atoms with Crippen molar-refractivity contribution in [3.8, 4) is 0 Å². The average Bonchev–Trinajstić information content (AvgIpc) is 2.72. The molecule has 1 unspecified atom stereocenters. The molecule has 2 rings (SSSR count). The molecule has 1 atom stereocenters. The summed E-state index contributed by atoms with van der Waals surface area (Å²) in [7, 11) is 1.70. The van der Waals surface area contributed by atoms with Crippen LogP contribution < -0.4 is 10.9 Å². The van der Waals surface area contributed by atoms with Gasteiger partial charge in [0, 0.05) is 24.3 Å². The normalized spacial score (nSPS) is 12.4. The Balaban J connectivity index is 2.21. The SMILES string of the molecule is CC(Nc1nccn(C)c1=O)c1ccc(Cl)s1. The van der Waals surface area contributed by atoms with E-state index in [9.17, 15) is 4.79 Å². The highest BCUT2D eigenvalue weighted by molar-refractivity contribution is 7.16. The Labute approximate surface area is 108 Å². The van der Waals surface area contributed by atoms with Gasteiger partial charge in [-0.1, -0.05) is 11.6 Å². The van der Waals surface area contributed by atoms with Crippen LogP contribution in [0.5, 0.6) is 0 Å². The van der Waals surface area contributed by atoms with Gasteiger partial charge in [0.15, 0.2) is 5.82 Å². The van der Waals surface area contributed by atoms with Crippen molar-refractivity contribution in [2.24, 2.45) is 7.05 Å². The average molecular weight is 270 g/mol. The summed E-state index contributed by atoms with van der Waals surface area (Å²) in [6.07, 6.45) is 3.22. The summed E-state index contributed by atoms with van der Waals surface area (Å²) in [5.74, 6) is 0.354. The summed E-state index contributed by atoms with van der Waals surface area (Å²) >= 11 is 7.36. The van der Waals surface area contributed by atoms with E-state index >= 15 is 0 Å². The third-order valence-electron chi connectivity index (χ3n) is 2.39. The van der Waals surface area contributed by atoms with Crippen molar-refractivity contribution in [2.75, 3.05) is 5.32 Å². The monoisotopic (exact) mass is 269 g/mol. The second kappa shape index (κ2) is 4.89. The number of thiophene rings is 1. The molecule has 0 bridgehead atoms. The van der Waals surface area contributed by atoms with Gasteiger partial charge in [-0.25, -0.2) is 4.98 Å². The number of hydrogen-bond donors (Lipinski definition) is 1. The first-order chi connectivity index (χ1) is 8.08. The summed E-state index contributed by atoms with van der Waals surface area (Å²) < 4.78 is 2.23. The first-order valence-electron chi connectivity index (χ1n) is 5.11. The maximum Gasteiger partial charge on any atom is 0.293 e. The van der Waals surface area contributed by atoms with E-state index in [-0.39, 0.29) is 11.6 Å². The fourth-order valence-electron chi connectivity index (χ4n) is 1.43. The number of halogens is 1. The Morgan fingerprint density at radius 1 is 1.53 bits per heavy atom. The molecule has 0 aromatic carbocycles. The van der Waals surface area contributed by atoms with Crippen LogP contribution in [-0.4, -0.2) is 9.55 Å². The molecule has 2 aromatic rings. The third-order valence-corrected chi connectivity index (χ3v) is 3.80. The molecule has 4 nitrogen and oxygen atoms in total. The van der Waals surface area contributed by atoms with Crippen LogP contribution in [0.15, 0.2) is 29.3 Å². The molecule has 0 aliphatic carbocycles. The molecule has 0 amide bonds. The topological polar surface area (TPSA) is 46.9 Å². The second-order valence-corrected chi connectivity index (χ2v) is 5.45. The van der Waals surface area contributed by atoms with Crippen LogP contribution in [-0.2, 0) is 7.05 Å². The maximum atomic E-state index is 11.8. The van der Waals surface area contributed by atoms with Crippen molar-refractivity contribution in [1.82, 2.24) is 9.55 Å². The first kappa shape index (κ1) is 12.1. The van der Waals surface area contributed by atoms with Gasteiger partial charge < -0.3 is 9.88 Å². The van der Waals surface area contributed by atoms with Gasteiger partial charge in [-0.2, -0.15) is 0 Å². The van der Waals surface area contributed by atoms with Crippen LogP contribution in [0.25, 0.3) is 0 Å². The number of nitrogens with zero attached hydrogens (tertiary/aromatic N) is 2. The lowest BCUT2D eigenvalue weighted by Crippen LogP contribution is -2.23. The molecule has 17 heavy (non-hydrogen) atoms. The molecule has 2 aromatic heterocycles. The van der Waals surface area contributed by atoms with Crippen LogP contribution in [0.4, 0.5) is 5.82 Å². The predicted molar refractivity (Wildman–Crippen MR) is 70.8 cm³/mol. The third kappa shape index (κ3) is 2.68. The molecule has 6 heteroatoms. The van der Waals surface area contributed by atoms with E-state index < -0.39 is 0 Å². The number of anilines is 1. The molecule has 0 spiro atoms. The minimum Gasteiger partial charge on any atom is -0.358 e. The zero-order valence-electron chi connectivity index (χ0n) is 9.48. The van der Waals surface area contributed by atoms with Gasteiger partial charge in [-0.3, -0.25) is 4.79 Å². The summed E-state index contributed by atoms with van der Waals surface area (Å²) in [6, 6.07) is 3.80. The van der Waals surface area contributed by atoms with E-state index in [0.717, 1.165) is 9.21 Å². The number of nitrogens with one attached hydrogen (secondary N) is 1. The Kier molecular flexibility index (Phi) is 3.49. The van der Waals surface area contributed by atoms with E-state index in [1.807, 2.05) is 19.1 Å². The number of aromatic nitrogens is 2. The van der Waals surface area contributed by atoms with Gasteiger partial charge in [-0.15, -0.1) is 11.3 Å². The van der Waals surface area contributed by atoms with Crippen molar-refractivity contribution < 1.29 is 0 Å². The Morgan fingerprint density at radius 2 is 2.29 bits per heavy atom. The Hall–Kier alpha value is -1.33. The maximum absolute atomic E-state index is 11.8. The fraction of sp³-hybridized carbons (Fsp3) is 0.273. The number of hydrogen-bond acceptors (Lipinski definition) is 4. The Bertz CT molecular complexity index is 578. The molecule has 1 N–H and O–H groups in total. The second-order valence-electron chi connectivity index (χ2n) is 3.70. The lowest BCUT2D eigenvalue weighted by Gasteiger charge is -2.12. The highest BCUT2D eigenvalue weighted by Crippen LogP contribution is 2.27. The van der Waals surface area contributed by atoms with Gasteiger partial charge in [0.2, 0.25) is 0 Å². The highest BCUT2D eigenvalue weighted by atomic mass is 35.5. The summed E-state index contributed by atoms with van der Waals surface area (Å²) in [5, 5.41) is 3.09. The van der Waals surface area contributed by atoms with Crippen LogP contribution in [0.3, 0.4) is 0 Å². The van der Waals surface area contributed by atoms with Gasteiger partial charge in [0.1, 0.15) is 0 Å². The largest absolute Gasteiger partial charge is 0.358 e. The zero-order chi connectivity index (χ0) is 12.4. The van der Waals surface area contributed by atoms with Crippen LogP contribution in [0, 0.1) is 0 Å². The van der Waals surface area contributed by atoms with E-state index in [2.05, 4.69) is 10.3 Å². The summed E-state index contributed by atoms with van der Waals surface area (Å²) in [4.78, 5) is 16.9. The van der Waals surface area contributed by atoms with Gasteiger partial charge in [0.05, 0.1) is 10.4 Å². The van der Waals surface area contributed by atoms with Crippen molar-refractivity contribution >= 4 is 28.8 Å². The zero-order valence-corrected chi connectivity index (χ0v) is 11.0. The molecule has 0 aliphatic rings. The van der Waals surface area contributed by atoms with Crippen LogP contribution >= 0.6 is 22.9 Å². The molecule has 0 radical (unpaired) electrons. The Morgan fingerprint density at radius 3 is 2.94 bits per heavy atom. The minimum atomic E-state index is -0.137. The molecule has 0 aliphatic heterocycles. The molecule has 2 heterocycles. The van der Waals surface area contributed by atoms with Gasteiger partial charge >= 0.3 is 0 Å². The number of aryl methyl sites for hydroxylation is 1. The molecule has 0 saturated heterocycles. The quantitative estimate of drug-likeness (QED) is 0.932. The molecule has 90 valence electrons. The van der Waals surface area contributed by atoms with Crippen molar-refractivity contribution in [2.45, 2.75) is 13.0 Å². The smallest absolute Gasteiger partial charge is 0.293 e. The molecular weight excluding hydrogens is 258 g/mol. The van der Waals surface area contributed by atoms with Crippen molar-refractivity contribution in [3.05, 3.63) is 44.1 Å². The van der Waals surface area contributed by atoms with Crippen LogP contribution in [0.1, 0.15) is 17.8 Å². The lowest BCUT2D eigenvalue weighted by atomic mass is 10.3. The van der Waals surface area contributed by atoms with Crippen LogP contribution in [0.2, 0.25) is 4.34 Å². The van der Waals surface area contributed by atoms with E-state index in [4.69, 9.17) is 11.6 Å². The highest BCUT2D eigenvalue weighted by Gasteiger charge is 2.11. The molecule has 0 saturated carbocycles. The minimum absolute atomic E-state index is 0.00935. The standard InChI is InChI=1S/C11H12ClN3OS/c1-7(8-3-4-9(12)17-8)14-10-11(16)15(2)6-5-13-10/h3-7H,1-2H3,(H,13,14).